The van der Waals surface area contributed by atoms with Crippen molar-refractivity contribution >= 4 is 43.7 Å². The Morgan fingerprint density at radius 3 is 1.39 bits per heavy atom. The van der Waals surface area contributed by atoms with Crippen molar-refractivity contribution in [1.29, 1.82) is 0 Å². The van der Waals surface area contributed by atoms with E-state index in [0.717, 1.165) is 60.7 Å². The van der Waals surface area contributed by atoms with Gasteiger partial charge in [-0.2, -0.15) is 9.97 Å². The van der Waals surface area contributed by atoms with Crippen LogP contribution in [0.5, 0.6) is 0 Å². The third-order valence-corrected chi connectivity index (χ3v) is 9.51. The molecule has 4 aromatic heterocycles. The maximum atomic E-state index is 15.5. The van der Waals surface area contributed by atoms with E-state index in [0.29, 0.717) is 23.1 Å². The highest BCUT2D eigenvalue weighted by molar-refractivity contribution is 6.25. The van der Waals surface area contributed by atoms with Gasteiger partial charge in [-0.15, -0.1) is 0 Å². The largest absolute Gasteiger partial charge is 0.307 e. The number of para-hydroxylation sites is 4. The standard InChI is InChI=1S/C44H28N6O/c51-43-40-37(39-38(49(43)32-23-11-4-12-24-32)34-26-14-16-28-36(34)48(39)31-21-9-3-10-22-31)33-25-13-15-27-35(33)50(40)44-46-41(29-17-5-1-6-18-29)45-42(47-44)30-19-7-2-8-20-30/h1-28H. The van der Waals surface area contributed by atoms with Crippen LogP contribution in [0, 0.1) is 0 Å². The van der Waals surface area contributed by atoms with Crippen molar-refractivity contribution in [3.63, 3.8) is 0 Å². The molecule has 10 rings (SSSR count). The molecule has 0 amide bonds. The maximum absolute atomic E-state index is 15.5. The molecule has 6 aromatic carbocycles. The van der Waals surface area contributed by atoms with E-state index in [-0.39, 0.29) is 5.56 Å². The molecule has 0 aliphatic rings. The highest BCUT2D eigenvalue weighted by Gasteiger charge is 2.28. The van der Waals surface area contributed by atoms with Crippen LogP contribution in [0.1, 0.15) is 0 Å². The summed E-state index contributed by atoms with van der Waals surface area (Å²) >= 11 is 0. The average Bonchev–Trinajstić information content (AvgIpc) is 3.73. The average molecular weight is 657 g/mol. The molecule has 7 heteroatoms. The van der Waals surface area contributed by atoms with Crippen LogP contribution in [0.3, 0.4) is 0 Å². The van der Waals surface area contributed by atoms with E-state index in [9.17, 15) is 0 Å². The predicted molar refractivity (Wildman–Crippen MR) is 205 cm³/mol. The van der Waals surface area contributed by atoms with Crippen molar-refractivity contribution < 1.29 is 0 Å². The molecule has 0 saturated carbocycles. The van der Waals surface area contributed by atoms with Gasteiger partial charge in [0.15, 0.2) is 11.6 Å². The minimum absolute atomic E-state index is 0.168. The van der Waals surface area contributed by atoms with Crippen LogP contribution in [-0.4, -0.2) is 28.7 Å². The number of hydrogen-bond acceptors (Lipinski definition) is 4. The van der Waals surface area contributed by atoms with Crippen LogP contribution in [0.25, 0.3) is 83.8 Å². The zero-order chi connectivity index (χ0) is 33.9. The van der Waals surface area contributed by atoms with E-state index in [1.54, 1.807) is 0 Å². The minimum Gasteiger partial charge on any atom is -0.307 e. The fourth-order valence-corrected chi connectivity index (χ4v) is 7.34. The Morgan fingerprint density at radius 1 is 0.373 bits per heavy atom. The molecule has 0 aliphatic heterocycles. The summed E-state index contributed by atoms with van der Waals surface area (Å²) in [5.41, 5.74) is 7.39. The van der Waals surface area contributed by atoms with Gasteiger partial charge in [0.05, 0.1) is 22.1 Å². The molecular formula is C44H28N6O. The lowest BCUT2D eigenvalue weighted by Gasteiger charge is -2.14. The number of benzene rings is 6. The molecule has 10 aromatic rings. The van der Waals surface area contributed by atoms with Crippen LogP contribution in [0.15, 0.2) is 175 Å². The summed E-state index contributed by atoms with van der Waals surface area (Å²) < 4.78 is 6.06. The van der Waals surface area contributed by atoms with E-state index in [1.807, 2.05) is 149 Å². The molecule has 0 atom stereocenters. The summed E-state index contributed by atoms with van der Waals surface area (Å²) in [6.07, 6.45) is 0. The molecular weight excluding hydrogens is 629 g/mol. The van der Waals surface area contributed by atoms with Crippen LogP contribution < -0.4 is 5.56 Å². The summed E-state index contributed by atoms with van der Waals surface area (Å²) in [6.45, 7) is 0. The van der Waals surface area contributed by atoms with Crippen molar-refractivity contribution in [2.24, 2.45) is 0 Å². The Kier molecular flexibility index (Phi) is 6.50. The molecule has 0 fully saturated rings. The zero-order valence-electron chi connectivity index (χ0n) is 27.3. The maximum Gasteiger partial charge on any atom is 0.280 e. The minimum atomic E-state index is -0.168. The molecule has 7 nitrogen and oxygen atoms in total. The van der Waals surface area contributed by atoms with Crippen molar-refractivity contribution in [2.75, 3.05) is 0 Å². The van der Waals surface area contributed by atoms with E-state index < -0.39 is 0 Å². The van der Waals surface area contributed by atoms with Crippen molar-refractivity contribution in [3.05, 3.63) is 180 Å². The molecule has 0 unspecified atom stereocenters. The number of nitrogens with zero attached hydrogens (tertiary/aromatic N) is 6. The molecule has 0 N–H and O–H groups in total. The fourth-order valence-electron chi connectivity index (χ4n) is 7.34. The molecule has 0 aliphatic carbocycles. The fraction of sp³-hybridized carbons (Fsp3) is 0. The second-order valence-corrected chi connectivity index (χ2v) is 12.5. The number of rotatable bonds is 5. The topological polar surface area (TPSA) is 70.5 Å². The number of aromatic nitrogens is 6. The Bertz CT molecular complexity index is 2910. The predicted octanol–water partition coefficient (Wildman–Crippen LogP) is 9.55. The highest BCUT2D eigenvalue weighted by atomic mass is 16.1. The van der Waals surface area contributed by atoms with E-state index in [1.165, 1.54) is 0 Å². The van der Waals surface area contributed by atoms with Crippen molar-refractivity contribution in [3.8, 4) is 40.1 Å². The summed E-state index contributed by atoms with van der Waals surface area (Å²) in [6, 6.07) is 56.4. The van der Waals surface area contributed by atoms with Gasteiger partial charge in [0.25, 0.3) is 5.56 Å². The van der Waals surface area contributed by atoms with Crippen LogP contribution >= 0.6 is 0 Å². The lowest BCUT2D eigenvalue weighted by atomic mass is 10.1. The van der Waals surface area contributed by atoms with Gasteiger partial charge in [-0.3, -0.25) is 13.9 Å². The number of pyridine rings is 1. The summed E-state index contributed by atoms with van der Waals surface area (Å²) in [7, 11) is 0. The Labute approximate surface area is 292 Å². The smallest absolute Gasteiger partial charge is 0.280 e. The molecule has 0 spiro atoms. The first-order chi connectivity index (χ1) is 25.3. The summed E-state index contributed by atoms with van der Waals surface area (Å²) in [5.74, 6) is 1.41. The zero-order valence-corrected chi connectivity index (χ0v) is 27.3. The quantitative estimate of drug-likeness (QED) is 0.185. The first-order valence-corrected chi connectivity index (χ1v) is 16.9. The van der Waals surface area contributed by atoms with Gasteiger partial charge in [0.2, 0.25) is 5.95 Å². The lowest BCUT2D eigenvalue weighted by Crippen LogP contribution is -2.22. The monoisotopic (exact) mass is 656 g/mol. The Balaban J connectivity index is 1.45. The van der Waals surface area contributed by atoms with E-state index in [2.05, 4.69) is 34.9 Å². The SMILES string of the molecule is O=c1c2c(c3ccccc3n2-c2nc(-c3ccccc3)nc(-c3ccccc3)n2)c2c(c3ccccc3n2-c2ccccc2)n1-c1ccccc1. The first kappa shape index (κ1) is 28.9. The van der Waals surface area contributed by atoms with Crippen LogP contribution in [-0.2, 0) is 0 Å². The first-order valence-electron chi connectivity index (χ1n) is 16.9. The summed E-state index contributed by atoms with van der Waals surface area (Å²) in [5, 5.41) is 2.74. The van der Waals surface area contributed by atoms with Gasteiger partial charge < -0.3 is 4.57 Å². The van der Waals surface area contributed by atoms with Crippen molar-refractivity contribution in [2.45, 2.75) is 0 Å². The highest BCUT2D eigenvalue weighted by Crippen LogP contribution is 2.41. The number of hydrogen-bond donors (Lipinski definition) is 0. The van der Waals surface area contributed by atoms with Gasteiger partial charge in [-0.25, -0.2) is 4.98 Å². The molecule has 240 valence electrons. The number of fused-ring (bicyclic) bond motifs is 7. The van der Waals surface area contributed by atoms with Gasteiger partial charge in [-0.1, -0.05) is 133 Å². The summed E-state index contributed by atoms with van der Waals surface area (Å²) in [4.78, 5) is 30.6. The molecule has 0 radical (unpaired) electrons. The van der Waals surface area contributed by atoms with Crippen LogP contribution in [0.2, 0.25) is 0 Å². The third kappa shape index (κ3) is 4.45. The molecule has 0 bridgehead atoms. The second-order valence-electron chi connectivity index (χ2n) is 12.5. The van der Waals surface area contributed by atoms with E-state index in [4.69, 9.17) is 15.0 Å². The molecule has 4 heterocycles. The Hall–Kier alpha value is -7.12. The van der Waals surface area contributed by atoms with Gasteiger partial charge in [0, 0.05) is 38.7 Å². The van der Waals surface area contributed by atoms with Gasteiger partial charge >= 0.3 is 0 Å². The normalized spacial score (nSPS) is 11.6. The molecule has 0 saturated heterocycles. The van der Waals surface area contributed by atoms with Crippen LogP contribution in [0.4, 0.5) is 0 Å². The second kappa shape index (κ2) is 11.5. The van der Waals surface area contributed by atoms with E-state index >= 15 is 4.79 Å². The van der Waals surface area contributed by atoms with Gasteiger partial charge in [-0.05, 0) is 36.4 Å². The Morgan fingerprint density at radius 2 is 0.824 bits per heavy atom. The lowest BCUT2D eigenvalue weighted by molar-refractivity contribution is 0.941. The molecule has 51 heavy (non-hydrogen) atoms. The van der Waals surface area contributed by atoms with Gasteiger partial charge in [0.1, 0.15) is 5.52 Å². The third-order valence-electron chi connectivity index (χ3n) is 9.51. The van der Waals surface area contributed by atoms with Crippen molar-refractivity contribution in [1.82, 2.24) is 28.7 Å².